The summed E-state index contributed by atoms with van der Waals surface area (Å²) in [6.45, 7) is 9.26. The second-order valence-electron chi connectivity index (χ2n) is 10.0. The Bertz CT molecular complexity index is 1810. The van der Waals surface area contributed by atoms with Crippen LogP contribution in [-0.4, -0.2) is 56.6 Å². The molecule has 1 aliphatic heterocycles. The van der Waals surface area contributed by atoms with Crippen molar-refractivity contribution in [1.29, 1.82) is 0 Å². The Labute approximate surface area is 278 Å². The fourth-order valence-electron chi connectivity index (χ4n) is 4.71. The molecule has 1 aromatic heterocycles. The fraction of sp³-hybridized carbons (Fsp3) is 0.375. The molecule has 0 N–H and O–H groups in total. The number of rotatable bonds is 12. The van der Waals surface area contributed by atoms with E-state index in [1.807, 2.05) is 32.9 Å². The minimum atomic E-state index is -0.868. The number of hydrogen-bond donors (Lipinski definition) is 0. The molecule has 2 aromatic carbocycles. The molecule has 13 heteroatoms. The molecule has 3 aromatic rings. The molecule has 0 spiro atoms. The first-order chi connectivity index (χ1) is 21.5. The van der Waals surface area contributed by atoms with Gasteiger partial charge in [0.2, 0.25) is 0 Å². The Morgan fingerprint density at radius 3 is 2.47 bits per heavy atom. The van der Waals surface area contributed by atoms with Crippen LogP contribution >= 0.6 is 33.9 Å². The van der Waals surface area contributed by atoms with Crippen molar-refractivity contribution in [2.75, 3.05) is 34.0 Å². The average molecular weight is 751 g/mol. The minimum Gasteiger partial charge on any atom is -0.493 e. The normalized spacial score (nSPS) is 14.5. The Morgan fingerprint density at radius 1 is 1.07 bits per heavy atom. The lowest BCUT2D eigenvalue weighted by Gasteiger charge is -2.25. The van der Waals surface area contributed by atoms with Gasteiger partial charge in [-0.1, -0.05) is 17.4 Å². The Balaban J connectivity index is 1.90. The average Bonchev–Trinajstić information content (AvgIpc) is 3.30. The molecule has 0 saturated heterocycles. The third-order valence-electron chi connectivity index (χ3n) is 6.58. The van der Waals surface area contributed by atoms with Crippen LogP contribution in [0.5, 0.6) is 23.0 Å². The molecule has 2 heterocycles. The van der Waals surface area contributed by atoms with Crippen molar-refractivity contribution in [2.45, 2.75) is 46.8 Å². The van der Waals surface area contributed by atoms with Crippen LogP contribution in [0.4, 0.5) is 0 Å². The van der Waals surface area contributed by atoms with Gasteiger partial charge in [0, 0.05) is 0 Å². The Kier molecular flexibility index (Phi) is 11.3. The molecule has 11 nitrogen and oxygen atoms in total. The first kappa shape index (κ1) is 34.0. The number of halogens is 1. The van der Waals surface area contributed by atoms with E-state index >= 15 is 0 Å². The monoisotopic (exact) mass is 750 g/mol. The summed E-state index contributed by atoms with van der Waals surface area (Å²) in [6.07, 6.45) is 1.72. The van der Waals surface area contributed by atoms with Gasteiger partial charge in [0.1, 0.15) is 0 Å². The first-order valence-corrected chi connectivity index (χ1v) is 16.1. The summed E-state index contributed by atoms with van der Waals surface area (Å²) >= 11 is 3.39. The number of thiazole rings is 1. The van der Waals surface area contributed by atoms with Gasteiger partial charge in [-0.2, -0.15) is 0 Å². The smallest absolute Gasteiger partial charge is 0.343 e. The van der Waals surface area contributed by atoms with Crippen molar-refractivity contribution in [3.63, 3.8) is 0 Å². The fourth-order valence-corrected chi connectivity index (χ4v) is 6.51. The highest BCUT2D eigenvalue weighted by molar-refractivity contribution is 14.1. The molecule has 4 rings (SSSR count). The number of aromatic nitrogens is 1. The van der Waals surface area contributed by atoms with Gasteiger partial charge in [0.05, 0.1) is 59.0 Å². The lowest BCUT2D eigenvalue weighted by Crippen LogP contribution is -2.40. The second-order valence-corrected chi connectivity index (χ2v) is 12.2. The molecule has 0 amide bonds. The molecule has 240 valence electrons. The van der Waals surface area contributed by atoms with Gasteiger partial charge >= 0.3 is 11.9 Å². The zero-order valence-corrected chi connectivity index (χ0v) is 29.1. The molecule has 0 bridgehead atoms. The maximum Gasteiger partial charge on any atom is 0.343 e. The van der Waals surface area contributed by atoms with Crippen molar-refractivity contribution < 1.29 is 38.0 Å². The number of allylic oxidation sites excluding steroid dienone is 1. The number of hydrogen-bond acceptors (Lipinski definition) is 11. The summed E-state index contributed by atoms with van der Waals surface area (Å²) in [6, 6.07) is 7.89. The highest BCUT2D eigenvalue weighted by Gasteiger charge is 2.34. The summed E-state index contributed by atoms with van der Waals surface area (Å²) in [7, 11) is 2.84. The topological polar surface area (TPSA) is 124 Å². The summed E-state index contributed by atoms with van der Waals surface area (Å²) < 4.78 is 35.8. The number of carbonyl (C=O) groups excluding carboxylic acids is 2. The van der Waals surface area contributed by atoms with E-state index in [1.165, 1.54) is 23.0 Å². The molecule has 0 aliphatic carbocycles. The predicted molar refractivity (Wildman–Crippen MR) is 177 cm³/mol. The van der Waals surface area contributed by atoms with Crippen molar-refractivity contribution >= 4 is 51.9 Å². The maximum absolute atomic E-state index is 14.1. The van der Waals surface area contributed by atoms with E-state index in [0.717, 1.165) is 9.13 Å². The third-order valence-corrected chi connectivity index (χ3v) is 8.36. The minimum absolute atomic E-state index is 0.0458. The summed E-state index contributed by atoms with van der Waals surface area (Å²) in [4.78, 5) is 44.2. The molecule has 0 radical (unpaired) electrons. The maximum atomic E-state index is 14.1. The van der Waals surface area contributed by atoms with Crippen LogP contribution in [0.15, 0.2) is 51.4 Å². The summed E-state index contributed by atoms with van der Waals surface area (Å²) in [5, 5.41) is 0. The Hall–Kier alpha value is -3.85. The predicted octanol–water partition coefficient (Wildman–Crippen LogP) is 4.15. The number of esters is 2. The van der Waals surface area contributed by atoms with Crippen LogP contribution in [0.3, 0.4) is 0 Å². The molecule has 1 aliphatic rings. The second kappa shape index (κ2) is 15.0. The zero-order valence-electron chi connectivity index (χ0n) is 26.1. The van der Waals surface area contributed by atoms with Crippen molar-refractivity contribution in [3.8, 4) is 23.0 Å². The van der Waals surface area contributed by atoms with Gasteiger partial charge in [-0.25, -0.2) is 14.6 Å². The standard InChI is InChI=1S/C32H35IN2O9S/c1-8-41-23-15-20(10-11-22(23)43-16-26(36)40-7)28-27(31(38)42-9-2)18(5)34-32-35(28)30(37)25(45-32)14-19-12-21(33)29(44-17(3)4)24(13-19)39-6/h10-15,17,28H,8-9,16H2,1-7H3/b25-14+/t28-/m0/s1. The van der Waals surface area contributed by atoms with Gasteiger partial charge in [0.25, 0.3) is 5.56 Å². The van der Waals surface area contributed by atoms with Gasteiger partial charge in [0.15, 0.2) is 34.4 Å². The van der Waals surface area contributed by atoms with Crippen LogP contribution in [0, 0.1) is 3.57 Å². The highest BCUT2D eigenvalue weighted by Crippen LogP contribution is 2.37. The Morgan fingerprint density at radius 2 is 1.82 bits per heavy atom. The lowest BCUT2D eigenvalue weighted by molar-refractivity contribution is -0.143. The molecular formula is C32H35IN2O9S. The molecule has 0 fully saturated rings. The van der Waals surface area contributed by atoms with Crippen molar-refractivity contribution in [2.24, 2.45) is 4.99 Å². The lowest BCUT2D eigenvalue weighted by atomic mass is 9.95. The van der Waals surface area contributed by atoms with E-state index in [4.69, 9.17) is 23.7 Å². The van der Waals surface area contributed by atoms with Gasteiger partial charge in [-0.3, -0.25) is 9.36 Å². The number of methoxy groups -OCH3 is 2. The number of carbonyl (C=O) groups is 2. The molecule has 0 unspecified atom stereocenters. The SMILES string of the molecule is CCOC(=O)C1=C(C)N=c2s/c(=C/c3cc(I)c(OC(C)C)c(OC)c3)c(=O)n2[C@H]1c1ccc(OCC(=O)OC)c(OCC)c1. The van der Waals surface area contributed by atoms with Gasteiger partial charge in [-0.05, 0) is 98.7 Å². The molecule has 1 atom stereocenters. The summed E-state index contributed by atoms with van der Waals surface area (Å²) in [5.74, 6) is 0.694. The number of benzene rings is 2. The van der Waals surface area contributed by atoms with Crippen LogP contribution in [0.1, 0.15) is 51.8 Å². The van der Waals surface area contributed by atoms with E-state index in [-0.39, 0.29) is 30.5 Å². The molecular weight excluding hydrogens is 715 g/mol. The van der Waals surface area contributed by atoms with E-state index in [0.29, 0.717) is 50.2 Å². The third kappa shape index (κ3) is 7.52. The van der Waals surface area contributed by atoms with Crippen LogP contribution in [0.25, 0.3) is 6.08 Å². The van der Waals surface area contributed by atoms with E-state index in [2.05, 4.69) is 32.3 Å². The molecule has 45 heavy (non-hydrogen) atoms. The van der Waals surface area contributed by atoms with E-state index in [9.17, 15) is 14.4 Å². The quantitative estimate of drug-likeness (QED) is 0.199. The summed E-state index contributed by atoms with van der Waals surface area (Å²) in [5.41, 5.74) is 1.63. The van der Waals surface area contributed by atoms with Crippen LogP contribution in [0.2, 0.25) is 0 Å². The largest absolute Gasteiger partial charge is 0.493 e. The van der Waals surface area contributed by atoms with E-state index < -0.39 is 18.0 Å². The van der Waals surface area contributed by atoms with Crippen LogP contribution < -0.4 is 33.8 Å². The molecule has 0 saturated carbocycles. The van der Waals surface area contributed by atoms with Gasteiger partial charge < -0.3 is 28.4 Å². The van der Waals surface area contributed by atoms with Crippen molar-refractivity contribution in [1.82, 2.24) is 4.57 Å². The van der Waals surface area contributed by atoms with Crippen LogP contribution in [-0.2, 0) is 19.1 Å². The van der Waals surface area contributed by atoms with Gasteiger partial charge in [-0.15, -0.1) is 0 Å². The number of fused-ring (bicyclic) bond motifs is 1. The van der Waals surface area contributed by atoms with E-state index in [1.54, 1.807) is 45.2 Å². The first-order valence-electron chi connectivity index (χ1n) is 14.2. The van der Waals surface area contributed by atoms with Crippen molar-refractivity contribution in [3.05, 3.63) is 76.0 Å². The number of nitrogens with zero attached hydrogens (tertiary/aromatic N) is 2. The number of ether oxygens (including phenoxy) is 6. The highest BCUT2D eigenvalue weighted by atomic mass is 127. The zero-order chi connectivity index (χ0) is 32.8.